The Hall–Kier alpha value is -2.12. The Labute approximate surface area is 157 Å². The fourth-order valence-corrected chi connectivity index (χ4v) is 3.51. The molecule has 0 N–H and O–H groups in total. The van der Waals surface area contributed by atoms with E-state index in [4.69, 9.17) is 14.2 Å². The molecule has 2 aromatic carbocycles. The first-order valence-corrected chi connectivity index (χ1v) is 9.33. The van der Waals surface area contributed by atoms with Crippen molar-refractivity contribution in [2.24, 2.45) is 0 Å². The molecule has 0 saturated carbocycles. The van der Waals surface area contributed by atoms with Crippen LogP contribution in [0.4, 0.5) is 0 Å². The second kappa shape index (κ2) is 7.84. The van der Waals surface area contributed by atoms with E-state index in [9.17, 15) is 4.79 Å². The summed E-state index contributed by atoms with van der Waals surface area (Å²) in [4.78, 5) is 16.0. The van der Waals surface area contributed by atoms with Crippen molar-refractivity contribution in [2.75, 3.05) is 6.61 Å². The number of carbonyl (C=O) groups excluding carboxylic acids is 1. The molecule has 1 atom stereocenters. The Morgan fingerprint density at radius 1 is 1.20 bits per heavy atom. The Kier molecular flexibility index (Phi) is 5.55. The van der Waals surface area contributed by atoms with E-state index in [-0.39, 0.29) is 5.97 Å². The molecule has 0 radical (unpaired) electrons. The zero-order valence-corrected chi connectivity index (χ0v) is 16.1. The summed E-state index contributed by atoms with van der Waals surface area (Å²) in [5.74, 6) is 0.832. The van der Waals surface area contributed by atoms with Crippen molar-refractivity contribution >= 4 is 43.5 Å². The summed E-state index contributed by atoms with van der Waals surface area (Å²) in [5, 5.41) is 0.571. The van der Waals surface area contributed by atoms with Crippen molar-refractivity contribution in [1.29, 1.82) is 0 Å². The van der Waals surface area contributed by atoms with Crippen LogP contribution in [0, 0.1) is 0 Å². The molecule has 25 heavy (non-hydrogen) atoms. The molecule has 1 heterocycles. The maximum absolute atomic E-state index is 11.6. The standard InChI is InChI=1S/C18H16BrNO4S/c1-3-22-17(21)11(2)23-13-5-7-14(8-6-13)24-18-20-15-9-4-12(19)10-16(15)25-18/h4-11H,3H2,1-2H3/t11-/m1/s1. The normalized spacial score (nSPS) is 12.0. The van der Waals surface area contributed by atoms with Crippen molar-refractivity contribution < 1.29 is 19.0 Å². The van der Waals surface area contributed by atoms with Crippen LogP contribution in [0.1, 0.15) is 13.8 Å². The number of halogens is 1. The molecule has 0 spiro atoms. The van der Waals surface area contributed by atoms with Crippen LogP contribution >= 0.6 is 27.3 Å². The highest BCUT2D eigenvalue weighted by Crippen LogP contribution is 2.33. The molecule has 130 valence electrons. The van der Waals surface area contributed by atoms with Crippen LogP contribution in [-0.2, 0) is 9.53 Å². The van der Waals surface area contributed by atoms with Gasteiger partial charge in [-0.05, 0) is 56.3 Å². The monoisotopic (exact) mass is 421 g/mol. The zero-order chi connectivity index (χ0) is 17.8. The van der Waals surface area contributed by atoms with Crippen LogP contribution in [0.2, 0.25) is 0 Å². The largest absolute Gasteiger partial charge is 0.479 e. The van der Waals surface area contributed by atoms with Crippen molar-refractivity contribution in [2.45, 2.75) is 20.0 Å². The molecule has 3 rings (SSSR count). The van der Waals surface area contributed by atoms with Gasteiger partial charge in [-0.1, -0.05) is 27.3 Å². The van der Waals surface area contributed by atoms with E-state index in [1.54, 1.807) is 38.1 Å². The van der Waals surface area contributed by atoms with Gasteiger partial charge in [-0.15, -0.1) is 0 Å². The summed E-state index contributed by atoms with van der Waals surface area (Å²) in [6.07, 6.45) is -0.658. The third-order valence-corrected chi connectivity index (χ3v) is 4.68. The van der Waals surface area contributed by atoms with Crippen LogP contribution in [0.5, 0.6) is 16.7 Å². The number of ether oxygens (including phenoxy) is 3. The lowest BCUT2D eigenvalue weighted by Crippen LogP contribution is -2.25. The van der Waals surface area contributed by atoms with Gasteiger partial charge in [0.05, 0.1) is 16.8 Å². The fraction of sp³-hybridized carbons (Fsp3) is 0.222. The summed E-state index contributed by atoms with van der Waals surface area (Å²) >= 11 is 4.92. The van der Waals surface area contributed by atoms with Crippen molar-refractivity contribution in [1.82, 2.24) is 4.98 Å². The third kappa shape index (κ3) is 4.49. The van der Waals surface area contributed by atoms with E-state index in [1.165, 1.54) is 11.3 Å². The second-order valence-electron chi connectivity index (χ2n) is 5.18. The molecule has 0 aliphatic carbocycles. The highest BCUT2D eigenvalue weighted by atomic mass is 79.9. The van der Waals surface area contributed by atoms with E-state index >= 15 is 0 Å². The smallest absolute Gasteiger partial charge is 0.347 e. The quantitative estimate of drug-likeness (QED) is 0.513. The number of nitrogens with zero attached hydrogens (tertiary/aromatic N) is 1. The molecule has 0 fully saturated rings. The fourth-order valence-electron chi connectivity index (χ4n) is 2.12. The predicted octanol–water partition coefficient (Wildman–Crippen LogP) is 5.18. The number of fused-ring (bicyclic) bond motifs is 1. The summed E-state index contributed by atoms with van der Waals surface area (Å²) in [6.45, 7) is 3.75. The van der Waals surface area contributed by atoms with Gasteiger partial charge in [0.15, 0.2) is 6.10 Å². The molecule has 0 unspecified atom stereocenters. The third-order valence-electron chi connectivity index (χ3n) is 3.29. The molecule has 0 saturated heterocycles. The average Bonchev–Trinajstić information content (AvgIpc) is 2.98. The van der Waals surface area contributed by atoms with E-state index in [2.05, 4.69) is 20.9 Å². The molecule has 0 amide bonds. The van der Waals surface area contributed by atoms with Gasteiger partial charge in [0.2, 0.25) is 0 Å². The number of hydrogen-bond donors (Lipinski definition) is 0. The van der Waals surface area contributed by atoms with Crippen molar-refractivity contribution in [3.05, 3.63) is 46.9 Å². The van der Waals surface area contributed by atoms with Crippen LogP contribution in [0.3, 0.4) is 0 Å². The van der Waals surface area contributed by atoms with Gasteiger partial charge >= 0.3 is 5.97 Å². The first-order valence-electron chi connectivity index (χ1n) is 7.72. The SMILES string of the molecule is CCOC(=O)[C@@H](C)Oc1ccc(Oc2nc3ccc(Br)cc3s2)cc1. The number of benzene rings is 2. The molecule has 3 aromatic rings. The van der Waals surface area contributed by atoms with Crippen molar-refractivity contribution in [3.8, 4) is 16.7 Å². The Bertz CT molecular complexity index is 878. The Morgan fingerprint density at radius 2 is 1.92 bits per heavy atom. The van der Waals surface area contributed by atoms with E-state index < -0.39 is 6.10 Å². The molecular weight excluding hydrogens is 406 g/mol. The van der Waals surface area contributed by atoms with E-state index in [0.717, 1.165) is 14.7 Å². The molecule has 0 aliphatic heterocycles. The summed E-state index contributed by atoms with van der Waals surface area (Å²) in [5.41, 5.74) is 0.895. The number of thiazole rings is 1. The van der Waals surface area contributed by atoms with Gasteiger partial charge in [0, 0.05) is 4.47 Å². The molecule has 0 bridgehead atoms. The first kappa shape index (κ1) is 17.7. The summed E-state index contributed by atoms with van der Waals surface area (Å²) < 4.78 is 18.3. The number of hydrogen-bond acceptors (Lipinski definition) is 6. The van der Waals surface area contributed by atoms with Gasteiger partial charge in [-0.2, -0.15) is 0 Å². The molecule has 5 nitrogen and oxygen atoms in total. The Balaban J connectivity index is 1.66. The summed E-state index contributed by atoms with van der Waals surface area (Å²) in [7, 11) is 0. The minimum Gasteiger partial charge on any atom is -0.479 e. The number of aromatic nitrogens is 1. The van der Waals surface area contributed by atoms with Crippen LogP contribution < -0.4 is 9.47 Å². The number of esters is 1. The average molecular weight is 422 g/mol. The van der Waals surface area contributed by atoms with Gasteiger partial charge < -0.3 is 14.2 Å². The van der Waals surface area contributed by atoms with Gasteiger partial charge in [0.25, 0.3) is 5.19 Å². The number of rotatable bonds is 6. The minimum atomic E-state index is -0.658. The Morgan fingerprint density at radius 3 is 2.64 bits per heavy atom. The highest BCUT2D eigenvalue weighted by molar-refractivity contribution is 9.10. The van der Waals surface area contributed by atoms with Crippen LogP contribution in [0.15, 0.2) is 46.9 Å². The molecular formula is C18H16BrNO4S. The lowest BCUT2D eigenvalue weighted by atomic mass is 10.3. The van der Waals surface area contributed by atoms with E-state index in [0.29, 0.717) is 23.3 Å². The topological polar surface area (TPSA) is 57.7 Å². The van der Waals surface area contributed by atoms with Gasteiger partial charge in [-0.25, -0.2) is 9.78 Å². The molecule has 7 heteroatoms. The lowest BCUT2D eigenvalue weighted by Gasteiger charge is -2.13. The van der Waals surface area contributed by atoms with Gasteiger partial charge in [0.1, 0.15) is 11.5 Å². The summed E-state index contributed by atoms with van der Waals surface area (Å²) in [6, 6.07) is 12.9. The lowest BCUT2D eigenvalue weighted by molar-refractivity contribution is -0.150. The van der Waals surface area contributed by atoms with Crippen molar-refractivity contribution in [3.63, 3.8) is 0 Å². The first-order chi connectivity index (χ1) is 12.0. The van der Waals surface area contributed by atoms with Gasteiger partial charge in [-0.3, -0.25) is 0 Å². The molecule has 1 aromatic heterocycles. The van der Waals surface area contributed by atoms with Crippen LogP contribution in [0.25, 0.3) is 10.2 Å². The second-order valence-corrected chi connectivity index (χ2v) is 7.09. The zero-order valence-electron chi connectivity index (χ0n) is 13.7. The maximum Gasteiger partial charge on any atom is 0.347 e. The molecule has 0 aliphatic rings. The number of carbonyl (C=O) groups is 1. The van der Waals surface area contributed by atoms with E-state index in [1.807, 2.05) is 18.2 Å². The highest BCUT2D eigenvalue weighted by Gasteiger charge is 2.15. The van der Waals surface area contributed by atoms with Crippen LogP contribution in [-0.4, -0.2) is 23.7 Å². The minimum absolute atomic E-state index is 0.331. The maximum atomic E-state index is 11.6. The predicted molar refractivity (Wildman–Crippen MR) is 101 cm³/mol.